The van der Waals surface area contributed by atoms with Crippen LogP contribution in [-0.4, -0.2) is 5.91 Å². The van der Waals surface area contributed by atoms with Gasteiger partial charge in [0, 0.05) is 18.5 Å². The van der Waals surface area contributed by atoms with E-state index < -0.39 is 35.1 Å². The van der Waals surface area contributed by atoms with Gasteiger partial charge in [-0.05, 0) is 31.5 Å². The number of amides is 1. The van der Waals surface area contributed by atoms with Crippen LogP contribution in [0.3, 0.4) is 0 Å². The number of alkyl halides is 6. The molecule has 0 saturated carbocycles. The zero-order chi connectivity index (χ0) is 17.7. The Kier molecular flexibility index (Phi) is 6.07. The van der Waals surface area contributed by atoms with E-state index in [0.29, 0.717) is 25.0 Å². The predicted octanol–water partition coefficient (Wildman–Crippen LogP) is 4.86. The second kappa shape index (κ2) is 7.40. The number of hydrogen-bond donors (Lipinski definition) is 1. The first-order chi connectivity index (χ1) is 10.5. The topological polar surface area (TPSA) is 29.1 Å². The summed E-state index contributed by atoms with van der Waals surface area (Å²) in [4.78, 5) is 11.6. The molecule has 23 heavy (non-hydrogen) atoms. The summed E-state index contributed by atoms with van der Waals surface area (Å²) in [5, 5.41) is 2.06. The molecule has 1 aromatic carbocycles. The van der Waals surface area contributed by atoms with Crippen LogP contribution in [0.4, 0.5) is 32.0 Å². The van der Waals surface area contributed by atoms with Crippen LogP contribution in [0.1, 0.15) is 37.3 Å². The molecule has 0 aromatic heterocycles. The van der Waals surface area contributed by atoms with Crippen molar-refractivity contribution < 1.29 is 31.1 Å². The summed E-state index contributed by atoms with van der Waals surface area (Å²) < 4.78 is 76.0. The van der Waals surface area contributed by atoms with Crippen molar-refractivity contribution in [1.29, 1.82) is 0 Å². The van der Waals surface area contributed by atoms with Crippen molar-refractivity contribution in [1.82, 2.24) is 0 Å². The van der Waals surface area contributed by atoms with Gasteiger partial charge in [0.25, 0.3) is 0 Å². The SMILES string of the molecule is CC#CCCCC(=O)Nc1cc(C(F)(F)F)cc(C(F)(F)F)c1. The number of halogens is 6. The highest BCUT2D eigenvalue weighted by atomic mass is 19.4. The number of anilines is 1. The van der Waals surface area contributed by atoms with E-state index in [0.717, 1.165) is 0 Å². The quantitative estimate of drug-likeness (QED) is 0.475. The maximum atomic E-state index is 12.7. The summed E-state index contributed by atoms with van der Waals surface area (Å²) in [6.45, 7) is 1.61. The minimum Gasteiger partial charge on any atom is -0.326 e. The molecule has 0 atom stereocenters. The highest BCUT2D eigenvalue weighted by molar-refractivity contribution is 5.90. The number of rotatable bonds is 4. The van der Waals surface area contributed by atoms with Crippen LogP contribution < -0.4 is 5.32 Å². The van der Waals surface area contributed by atoms with Crippen LogP contribution >= 0.6 is 0 Å². The van der Waals surface area contributed by atoms with Crippen molar-refractivity contribution in [3.8, 4) is 11.8 Å². The molecule has 0 unspecified atom stereocenters. The Morgan fingerprint density at radius 1 is 1.04 bits per heavy atom. The fourth-order valence-electron chi connectivity index (χ4n) is 1.71. The number of unbranched alkanes of at least 4 members (excludes halogenated alkanes) is 1. The zero-order valence-electron chi connectivity index (χ0n) is 12.0. The molecule has 0 saturated heterocycles. The van der Waals surface area contributed by atoms with E-state index >= 15 is 0 Å². The summed E-state index contributed by atoms with van der Waals surface area (Å²) in [6.07, 6.45) is -9.17. The third-order valence-corrected chi connectivity index (χ3v) is 2.75. The smallest absolute Gasteiger partial charge is 0.326 e. The number of nitrogens with one attached hydrogen (secondary N) is 1. The molecule has 1 rings (SSSR count). The largest absolute Gasteiger partial charge is 0.416 e. The maximum Gasteiger partial charge on any atom is 0.416 e. The van der Waals surface area contributed by atoms with E-state index in [4.69, 9.17) is 0 Å². The van der Waals surface area contributed by atoms with Crippen LogP contribution in [0.25, 0.3) is 0 Å². The fraction of sp³-hybridized carbons (Fsp3) is 0.400. The molecular formula is C15H13F6NO. The van der Waals surface area contributed by atoms with Gasteiger partial charge in [-0.2, -0.15) is 26.3 Å². The Balaban J connectivity index is 2.96. The molecule has 8 heteroatoms. The van der Waals surface area contributed by atoms with Crippen LogP contribution in [0.15, 0.2) is 18.2 Å². The molecule has 0 fully saturated rings. The second-order valence-corrected chi connectivity index (χ2v) is 4.62. The lowest BCUT2D eigenvalue weighted by molar-refractivity contribution is -0.143. The minimum absolute atomic E-state index is 0.00644. The van der Waals surface area contributed by atoms with E-state index in [9.17, 15) is 31.1 Å². The Morgan fingerprint density at radius 3 is 2.00 bits per heavy atom. The van der Waals surface area contributed by atoms with Crippen molar-refractivity contribution in [3.05, 3.63) is 29.3 Å². The Labute approximate surface area is 128 Å². The van der Waals surface area contributed by atoms with Crippen molar-refractivity contribution >= 4 is 11.6 Å². The molecule has 0 aliphatic heterocycles. The molecule has 0 bridgehead atoms. The molecule has 0 radical (unpaired) electrons. The summed E-state index contributed by atoms with van der Waals surface area (Å²) >= 11 is 0. The molecule has 0 heterocycles. The maximum absolute atomic E-state index is 12.7. The van der Waals surface area contributed by atoms with Gasteiger partial charge in [0.15, 0.2) is 0 Å². The van der Waals surface area contributed by atoms with Gasteiger partial charge in [-0.25, -0.2) is 0 Å². The predicted molar refractivity (Wildman–Crippen MR) is 72.4 cm³/mol. The monoisotopic (exact) mass is 337 g/mol. The van der Waals surface area contributed by atoms with Gasteiger partial charge in [-0.1, -0.05) is 0 Å². The molecule has 0 spiro atoms. The number of carbonyl (C=O) groups excluding carboxylic acids is 1. The lowest BCUT2D eigenvalue weighted by Crippen LogP contribution is -2.15. The van der Waals surface area contributed by atoms with Gasteiger partial charge in [0.1, 0.15) is 0 Å². The van der Waals surface area contributed by atoms with E-state index in [1.807, 2.05) is 0 Å². The minimum atomic E-state index is -4.95. The van der Waals surface area contributed by atoms with Gasteiger partial charge in [-0.3, -0.25) is 4.79 Å². The molecule has 1 aromatic rings. The second-order valence-electron chi connectivity index (χ2n) is 4.62. The summed E-state index contributed by atoms with van der Waals surface area (Å²) in [6, 6.07) is 0.949. The van der Waals surface area contributed by atoms with Gasteiger partial charge in [0.05, 0.1) is 11.1 Å². The lowest BCUT2D eigenvalue weighted by Gasteiger charge is -2.14. The molecule has 0 aliphatic rings. The van der Waals surface area contributed by atoms with Gasteiger partial charge in [-0.15, -0.1) is 11.8 Å². The molecule has 126 valence electrons. The summed E-state index contributed by atoms with van der Waals surface area (Å²) in [7, 11) is 0. The van der Waals surface area contributed by atoms with E-state index in [2.05, 4.69) is 17.2 Å². The van der Waals surface area contributed by atoms with Crippen molar-refractivity contribution in [2.24, 2.45) is 0 Å². The van der Waals surface area contributed by atoms with Crippen molar-refractivity contribution in [3.63, 3.8) is 0 Å². The number of carbonyl (C=O) groups is 1. The molecule has 1 amide bonds. The van der Waals surface area contributed by atoms with Gasteiger partial charge in [0.2, 0.25) is 5.91 Å². The Hall–Kier alpha value is -2.17. The van der Waals surface area contributed by atoms with E-state index in [-0.39, 0.29) is 12.5 Å². The standard InChI is InChI=1S/C15H13F6NO/c1-2-3-4-5-6-13(23)22-12-8-10(14(16,17)18)7-11(9-12)15(19,20)21/h7-9H,4-6H2,1H3,(H,22,23). The van der Waals surface area contributed by atoms with E-state index in [1.165, 1.54) is 0 Å². The average Bonchev–Trinajstić information content (AvgIpc) is 2.41. The Morgan fingerprint density at radius 2 is 1.57 bits per heavy atom. The number of benzene rings is 1. The molecule has 0 aliphatic carbocycles. The van der Waals surface area contributed by atoms with Crippen LogP contribution in [0, 0.1) is 11.8 Å². The van der Waals surface area contributed by atoms with Crippen molar-refractivity contribution in [2.75, 3.05) is 5.32 Å². The fourth-order valence-corrected chi connectivity index (χ4v) is 1.71. The molecular weight excluding hydrogens is 324 g/mol. The first kappa shape index (κ1) is 18.9. The van der Waals surface area contributed by atoms with Crippen LogP contribution in [-0.2, 0) is 17.1 Å². The first-order valence-corrected chi connectivity index (χ1v) is 6.53. The normalized spacial score (nSPS) is 11.6. The third kappa shape index (κ3) is 6.22. The Bertz CT molecular complexity index is 589. The highest BCUT2D eigenvalue weighted by Gasteiger charge is 2.37. The molecule has 2 nitrogen and oxygen atoms in total. The van der Waals surface area contributed by atoms with Gasteiger partial charge >= 0.3 is 12.4 Å². The van der Waals surface area contributed by atoms with Crippen LogP contribution in [0.2, 0.25) is 0 Å². The summed E-state index contributed by atoms with van der Waals surface area (Å²) in [5.41, 5.74) is -3.49. The molecule has 1 N–H and O–H groups in total. The number of hydrogen-bond acceptors (Lipinski definition) is 1. The van der Waals surface area contributed by atoms with Crippen LogP contribution in [0.5, 0.6) is 0 Å². The van der Waals surface area contributed by atoms with Crippen molar-refractivity contribution in [2.45, 2.75) is 38.5 Å². The average molecular weight is 337 g/mol. The highest BCUT2D eigenvalue weighted by Crippen LogP contribution is 2.37. The zero-order valence-corrected chi connectivity index (χ0v) is 12.0. The lowest BCUT2D eigenvalue weighted by atomic mass is 10.1. The van der Waals surface area contributed by atoms with Gasteiger partial charge < -0.3 is 5.32 Å². The third-order valence-electron chi connectivity index (χ3n) is 2.75. The van der Waals surface area contributed by atoms with E-state index in [1.54, 1.807) is 6.92 Å². The summed E-state index contributed by atoms with van der Waals surface area (Å²) in [5.74, 6) is 4.63. The first-order valence-electron chi connectivity index (χ1n) is 6.53.